The van der Waals surface area contributed by atoms with Crippen LogP contribution in [0, 0.1) is 0 Å². The number of halogens is 3. The molecule has 2 rings (SSSR count). The van der Waals surface area contributed by atoms with E-state index in [4.69, 9.17) is 0 Å². The molecule has 0 aromatic heterocycles. The van der Waals surface area contributed by atoms with Crippen LogP contribution in [0.3, 0.4) is 0 Å². The first-order chi connectivity index (χ1) is 10.7. The fourth-order valence-electron chi connectivity index (χ4n) is 2.05. The van der Waals surface area contributed by atoms with Crippen molar-refractivity contribution in [1.82, 2.24) is 4.90 Å². The van der Waals surface area contributed by atoms with Crippen LogP contribution in [0.2, 0.25) is 0 Å². The van der Waals surface area contributed by atoms with Crippen LogP contribution in [0.4, 0.5) is 18.9 Å². The third kappa shape index (κ3) is 4.04. The summed E-state index contributed by atoms with van der Waals surface area (Å²) in [5, 5.41) is 2.27. The molecule has 9 heteroatoms. The van der Waals surface area contributed by atoms with Crippen LogP contribution in [0.25, 0.3) is 0 Å². The zero-order valence-electron chi connectivity index (χ0n) is 12.3. The zero-order valence-corrected chi connectivity index (χ0v) is 13.2. The molecule has 1 heterocycles. The molecule has 0 bridgehead atoms. The average Bonchev–Trinajstić information content (AvgIpc) is 2.74. The van der Waals surface area contributed by atoms with Crippen molar-refractivity contribution in [3.63, 3.8) is 0 Å². The summed E-state index contributed by atoms with van der Waals surface area (Å²) in [6.07, 6.45) is -4.61. The monoisotopic (exact) mass is 345 g/mol. The molecule has 1 aliphatic heterocycles. The number of rotatable bonds is 3. The van der Waals surface area contributed by atoms with Crippen molar-refractivity contribution >= 4 is 34.4 Å². The van der Waals surface area contributed by atoms with Gasteiger partial charge in [-0.15, -0.1) is 0 Å². The molecule has 0 saturated carbocycles. The fourth-order valence-corrected chi connectivity index (χ4v) is 3.15. The summed E-state index contributed by atoms with van der Waals surface area (Å²) >= 11 is 1.16. The lowest BCUT2D eigenvalue weighted by atomic mass is 10.2. The first kappa shape index (κ1) is 17.3. The fraction of sp³-hybridized carbons (Fsp3) is 0.357. The topological polar surface area (TPSA) is 61.8 Å². The van der Waals surface area contributed by atoms with Crippen molar-refractivity contribution in [2.75, 3.05) is 19.4 Å². The van der Waals surface area contributed by atoms with Crippen LogP contribution < -0.4 is 5.32 Å². The molecule has 1 N–H and O–H groups in total. The van der Waals surface area contributed by atoms with E-state index in [2.05, 4.69) is 10.3 Å². The predicted octanol–water partition coefficient (Wildman–Crippen LogP) is 2.59. The van der Waals surface area contributed by atoms with Crippen molar-refractivity contribution in [2.45, 2.75) is 17.8 Å². The van der Waals surface area contributed by atoms with E-state index in [9.17, 15) is 22.8 Å². The van der Waals surface area contributed by atoms with Gasteiger partial charge in [-0.1, -0.05) is 17.8 Å². The molecule has 23 heavy (non-hydrogen) atoms. The normalized spacial score (nSPS) is 20.2. The smallest absolute Gasteiger partial charge is 0.326 e. The van der Waals surface area contributed by atoms with Crippen molar-refractivity contribution in [3.8, 4) is 0 Å². The number of amides is 2. The van der Waals surface area contributed by atoms with Gasteiger partial charge in [-0.05, 0) is 18.2 Å². The molecule has 0 radical (unpaired) electrons. The Labute approximate surface area is 134 Å². The number of hydrogen-bond acceptors (Lipinski definition) is 4. The Bertz CT molecular complexity index is 661. The summed E-state index contributed by atoms with van der Waals surface area (Å²) in [5.74, 6) is -0.782. The Balaban J connectivity index is 2.02. The van der Waals surface area contributed by atoms with Gasteiger partial charge in [-0.2, -0.15) is 13.2 Å². The van der Waals surface area contributed by atoms with E-state index in [1.807, 2.05) is 0 Å². The number of thioether (sulfide) groups is 1. The maximum absolute atomic E-state index is 12.6. The number of alkyl halides is 3. The second-order valence-electron chi connectivity index (χ2n) is 4.84. The molecular weight excluding hydrogens is 331 g/mol. The minimum atomic E-state index is -4.48. The van der Waals surface area contributed by atoms with Crippen LogP contribution in [0.1, 0.15) is 12.0 Å². The summed E-state index contributed by atoms with van der Waals surface area (Å²) in [5.41, 5.74) is -0.806. The molecule has 5 nitrogen and oxygen atoms in total. The van der Waals surface area contributed by atoms with Crippen molar-refractivity contribution in [3.05, 3.63) is 29.8 Å². The van der Waals surface area contributed by atoms with E-state index >= 15 is 0 Å². The largest absolute Gasteiger partial charge is 0.416 e. The number of aliphatic imine (C=N–C) groups is 1. The number of carbonyl (C=O) groups excluding carboxylic acids is 2. The van der Waals surface area contributed by atoms with Gasteiger partial charge in [0.2, 0.25) is 11.8 Å². The Kier molecular flexibility index (Phi) is 4.98. The molecule has 124 valence electrons. The molecule has 2 amide bonds. The van der Waals surface area contributed by atoms with Gasteiger partial charge < -0.3 is 5.32 Å². The molecule has 1 saturated heterocycles. The van der Waals surface area contributed by atoms with Crippen LogP contribution in [0.5, 0.6) is 0 Å². The average molecular weight is 345 g/mol. The lowest BCUT2D eigenvalue weighted by molar-refractivity contribution is -0.137. The second kappa shape index (κ2) is 6.61. The number of nitrogens with zero attached hydrogens (tertiary/aromatic N) is 2. The van der Waals surface area contributed by atoms with E-state index in [0.29, 0.717) is 5.17 Å². The minimum Gasteiger partial charge on any atom is -0.326 e. The number of carbonyl (C=O) groups is 2. The van der Waals surface area contributed by atoms with Crippen LogP contribution in [-0.2, 0) is 15.8 Å². The van der Waals surface area contributed by atoms with Gasteiger partial charge in [0.1, 0.15) is 5.25 Å². The van der Waals surface area contributed by atoms with E-state index in [1.165, 1.54) is 24.1 Å². The van der Waals surface area contributed by atoms with Gasteiger partial charge in [-0.3, -0.25) is 19.5 Å². The van der Waals surface area contributed by atoms with Crippen molar-refractivity contribution in [2.24, 2.45) is 4.99 Å². The lowest BCUT2D eigenvalue weighted by Gasteiger charge is -2.11. The molecule has 1 fully saturated rings. The number of benzene rings is 1. The Morgan fingerprint density at radius 2 is 2.13 bits per heavy atom. The quantitative estimate of drug-likeness (QED) is 0.916. The summed E-state index contributed by atoms with van der Waals surface area (Å²) in [7, 11) is 3.10. The number of nitrogens with one attached hydrogen (secondary N) is 1. The highest BCUT2D eigenvalue weighted by atomic mass is 32.2. The standard InChI is InChI=1S/C14H14F3N3O2S/c1-18-13-20(2)12(22)10(23-13)7-11(21)19-9-5-3-4-8(6-9)14(15,16)17/h3-6,10H,7H2,1-2H3,(H,19,21)/t10-/m0/s1. The third-order valence-electron chi connectivity index (χ3n) is 3.18. The van der Waals surface area contributed by atoms with E-state index in [0.717, 1.165) is 23.9 Å². The van der Waals surface area contributed by atoms with E-state index in [-0.39, 0.29) is 18.0 Å². The van der Waals surface area contributed by atoms with Gasteiger partial charge >= 0.3 is 6.18 Å². The van der Waals surface area contributed by atoms with Gasteiger partial charge in [-0.25, -0.2) is 0 Å². The van der Waals surface area contributed by atoms with Crippen molar-refractivity contribution in [1.29, 1.82) is 0 Å². The van der Waals surface area contributed by atoms with E-state index < -0.39 is 22.9 Å². The maximum Gasteiger partial charge on any atom is 0.416 e. The number of amidine groups is 1. The lowest BCUT2D eigenvalue weighted by Crippen LogP contribution is -2.30. The van der Waals surface area contributed by atoms with Gasteiger partial charge in [0.25, 0.3) is 0 Å². The van der Waals surface area contributed by atoms with Crippen LogP contribution in [0.15, 0.2) is 29.3 Å². The van der Waals surface area contributed by atoms with Crippen LogP contribution in [-0.4, -0.2) is 41.2 Å². The molecule has 1 aliphatic rings. The maximum atomic E-state index is 12.6. The summed E-state index contributed by atoms with van der Waals surface area (Å²) in [6.45, 7) is 0. The number of hydrogen-bond donors (Lipinski definition) is 1. The van der Waals surface area contributed by atoms with Gasteiger partial charge in [0, 0.05) is 26.2 Å². The predicted molar refractivity (Wildman–Crippen MR) is 82.2 cm³/mol. The van der Waals surface area contributed by atoms with Gasteiger partial charge in [0.05, 0.1) is 5.56 Å². The van der Waals surface area contributed by atoms with Crippen molar-refractivity contribution < 1.29 is 22.8 Å². The Hall–Kier alpha value is -2.03. The Morgan fingerprint density at radius 1 is 1.43 bits per heavy atom. The SMILES string of the molecule is CN=C1S[C@@H](CC(=O)Nc2cccc(C(F)(F)F)c2)C(=O)N1C. The molecule has 1 aromatic rings. The first-order valence-electron chi connectivity index (χ1n) is 6.60. The highest BCUT2D eigenvalue weighted by Crippen LogP contribution is 2.31. The highest BCUT2D eigenvalue weighted by Gasteiger charge is 2.36. The molecule has 0 spiro atoms. The highest BCUT2D eigenvalue weighted by molar-refractivity contribution is 8.15. The molecule has 1 atom stereocenters. The third-order valence-corrected chi connectivity index (χ3v) is 4.50. The summed E-state index contributed by atoms with van der Waals surface area (Å²) in [4.78, 5) is 29.2. The number of anilines is 1. The first-order valence-corrected chi connectivity index (χ1v) is 7.48. The molecule has 0 unspecified atom stereocenters. The molecule has 0 aliphatic carbocycles. The zero-order chi connectivity index (χ0) is 17.2. The minimum absolute atomic E-state index is 0.0398. The summed E-state index contributed by atoms with van der Waals surface area (Å²) < 4.78 is 37.9. The Morgan fingerprint density at radius 3 is 2.70 bits per heavy atom. The van der Waals surface area contributed by atoms with E-state index in [1.54, 1.807) is 7.05 Å². The molecular formula is C14H14F3N3O2S. The van der Waals surface area contributed by atoms with Gasteiger partial charge in [0.15, 0.2) is 5.17 Å². The molecule has 1 aromatic carbocycles. The second-order valence-corrected chi connectivity index (χ2v) is 6.01. The van der Waals surface area contributed by atoms with Crippen LogP contribution >= 0.6 is 11.8 Å². The summed E-state index contributed by atoms with van der Waals surface area (Å²) in [6, 6.07) is 4.35.